The Bertz CT molecular complexity index is 612. The molecule has 3 rings (SSSR count). The second-order valence-electron chi connectivity index (χ2n) is 5.03. The highest BCUT2D eigenvalue weighted by atomic mass is 35.5. The number of nitrogens with one attached hydrogen (secondary N) is 1. The summed E-state index contributed by atoms with van der Waals surface area (Å²) >= 11 is 6.28. The molecule has 0 unspecified atom stereocenters. The molecule has 2 heterocycles. The lowest BCUT2D eigenvalue weighted by Gasteiger charge is -2.31. The molecule has 0 aliphatic carbocycles. The summed E-state index contributed by atoms with van der Waals surface area (Å²) in [6, 6.07) is 12.4. The molecule has 0 fully saturated rings. The van der Waals surface area contributed by atoms with Crippen LogP contribution in [0, 0.1) is 0 Å². The minimum atomic E-state index is 0.729. The third-order valence-corrected chi connectivity index (χ3v) is 4.07. The Morgan fingerprint density at radius 3 is 2.95 bits per heavy atom. The van der Waals surface area contributed by atoms with Gasteiger partial charge < -0.3 is 10.2 Å². The van der Waals surface area contributed by atoms with Gasteiger partial charge in [0.2, 0.25) is 0 Å². The van der Waals surface area contributed by atoms with Gasteiger partial charge in [0.15, 0.2) is 0 Å². The number of anilines is 2. The van der Waals surface area contributed by atoms with Crippen molar-refractivity contribution >= 4 is 23.1 Å². The number of aryl methyl sites for hydroxylation is 1. The molecule has 1 aliphatic rings. The molecule has 1 aromatic heterocycles. The molecule has 4 heteroatoms. The topological polar surface area (TPSA) is 28.2 Å². The molecule has 0 bridgehead atoms. The van der Waals surface area contributed by atoms with Crippen molar-refractivity contribution in [1.29, 1.82) is 0 Å². The van der Waals surface area contributed by atoms with E-state index in [4.69, 9.17) is 11.6 Å². The maximum Gasteiger partial charge on any atom is 0.126 e. The van der Waals surface area contributed by atoms with Crippen LogP contribution in [0.3, 0.4) is 0 Å². The molecule has 0 saturated heterocycles. The van der Waals surface area contributed by atoms with Gasteiger partial charge in [0.25, 0.3) is 0 Å². The zero-order valence-corrected chi connectivity index (χ0v) is 12.3. The SMILES string of the molecule is CNc1ccc(Cl)c(CN2CCCc3ccccc32)n1. The third-order valence-electron chi connectivity index (χ3n) is 3.72. The zero-order chi connectivity index (χ0) is 13.9. The van der Waals surface area contributed by atoms with E-state index in [2.05, 4.69) is 39.5 Å². The van der Waals surface area contributed by atoms with Gasteiger partial charge >= 0.3 is 0 Å². The minimum absolute atomic E-state index is 0.729. The number of nitrogens with zero attached hydrogens (tertiary/aromatic N) is 2. The lowest BCUT2D eigenvalue weighted by molar-refractivity contribution is 0.684. The Hall–Kier alpha value is -1.74. The fourth-order valence-electron chi connectivity index (χ4n) is 2.69. The van der Waals surface area contributed by atoms with Crippen LogP contribution in [0.15, 0.2) is 36.4 Å². The van der Waals surface area contributed by atoms with Gasteiger partial charge in [-0.05, 0) is 36.6 Å². The summed E-state index contributed by atoms with van der Waals surface area (Å²) in [5, 5.41) is 3.79. The number of hydrogen-bond acceptors (Lipinski definition) is 3. The fourth-order valence-corrected chi connectivity index (χ4v) is 2.86. The van der Waals surface area contributed by atoms with Crippen LogP contribution in [0.4, 0.5) is 11.5 Å². The Kier molecular flexibility index (Phi) is 3.79. The Balaban J connectivity index is 1.89. The van der Waals surface area contributed by atoms with Crippen LogP contribution in [-0.2, 0) is 13.0 Å². The van der Waals surface area contributed by atoms with Crippen molar-refractivity contribution < 1.29 is 0 Å². The third kappa shape index (κ3) is 2.59. The Labute approximate surface area is 124 Å². The molecule has 20 heavy (non-hydrogen) atoms. The first kappa shape index (κ1) is 13.3. The highest BCUT2D eigenvalue weighted by Gasteiger charge is 2.18. The van der Waals surface area contributed by atoms with Crippen molar-refractivity contribution in [2.24, 2.45) is 0 Å². The number of aromatic nitrogens is 1. The highest BCUT2D eigenvalue weighted by molar-refractivity contribution is 6.31. The van der Waals surface area contributed by atoms with E-state index in [1.165, 1.54) is 17.7 Å². The Morgan fingerprint density at radius 1 is 1.25 bits per heavy atom. The Morgan fingerprint density at radius 2 is 2.10 bits per heavy atom. The van der Waals surface area contributed by atoms with Crippen LogP contribution >= 0.6 is 11.6 Å². The van der Waals surface area contributed by atoms with Crippen molar-refractivity contribution in [2.75, 3.05) is 23.8 Å². The molecule has 1 aliphatic heterocycles. The molecule has 0 saturated carbocycles. The normalized spacial score (nSPS) is 14.0. The van der Waals surface area contributed by atoms with Gasteiger partial charge in [-0.25, -0.2) is 4.98 Å². The van der Waals surface area contributed by atoms with Gasteiger partial charge in [-0.3, -0.25) is 0 Å². The van der Waals surface area contributed by atoms with E-state index in [9.17, 15) is 0 Å². The maximum absolute atomic E-state index is 6.28. The van der Waals surface area contributed by atoms with Gasteiger partial charge in [0, 0.05) is 19.3 Å². The van der Waals surface area contributed by atoms with Crippen molar-refractivity contribution in [3.63, 3.8) is 0 Å². The summed E-state index contributed by atoms with van der Waals surface area (Å²) in [6.45, 7) is 1.81. The van der Waals surface area contributed by atoms with Crippen molar-refractivity contribution in [3.05, 3.63) is 52.7 Å². The first-order valence-electron chi connectivity index (χ1n) is 6.94. The van der Waals surface area contributed by atoms with Gasteiger partial charge in [0.05, 0.1) is 17.3 Å². The molecule has 0 amide bonds. The molecule has 104 valence electrons. The highest BCUT2D eigenvalue weighted by Crippen LogP contribution is 2.29. The van der Waals surface area contributed by atoms with E-state index in [1.54, 1.807) is 0 Å². The summed E-state index contributed by atoms with van der Waals surface area (Å²) in [6.07, 6.45) is 2.34. The first-order chi connectivity index (χ1) is 9.78. The lowest BCUT2D eigenvalue weighted by atomic mass is 10.0. The fraction of sp³-hybridized carbons (Fsp3) is 0.312. The summed E-state index contributed by atoms with van der Waals surface area (Å²) in [5.41, 5.74) is 3.65. The number of rotatable bonds is 3. The summed E-state index contributed by atoms with van der Waals surface area (Å²) in [7, 11) is 1.87. The van der Waals surface area contributed by atoms with E-state index in [0.29, 0.717) is 0 Å². The van der Waals surface area contributed by atoms with Crippen LogP contribution < -0.4 is 10.2 Å². The molecular weight excluding hydrogens is 270 g/mol. The number of fused-ring (bicyclic) bond motifs is 1. The number of pyridine rings is 1. The van der Waals surface area contributed by atoms with E-state index in [1.807, 2.05) is 19.2 Å². The number of hydrogen-bond donors (Lipinski definition) is 1. The average molecular weight is 288 g/mol. The number of halogens is 1. The van der Waals surface area contributed by atoms with Gasteiger partial charge in [-0.1, -0.05) is 29.8 Å². The summed E-state index contributed by atoms with van der Waals surface area (Å²) < 4.78 is 0. The van der Waals surface area contributed by atoms with Gasteiger partial charge in [-0.2, -0.15) is 0 Å². The van der Waals surface area contributed by atoms with E-state index in [0.717, 1.165) is 36.0 Å². The van der Waals surface area contributed by atoms with E-state index in [-0.39, 0.29) is 0 Å². The molecule has 0 radical (unpaired) electrons. The van der Waals surface area contributed by atoms with E-state index < -0.39 is 0 Å². The maximum atomic E-state index is 6.28. The standard InChI is InChI=1S/C16H18ClN3/c1-18-16-9-8-13(17)14(19-16)11-20-10-4-6-12-5-2-3-7-15(12)20/h2-3,5,7-9H,4,6,10-11H2,1H3,(H,18,19). The zero-order valence-electron chi connectivity index (χ0n) is 11.6. The van der Waals surface area contributed by atoms with Gasteiger partial charge in [-0.15, -0.1) is 0 Å². The van der Waals surface area contributed by atoms with Crippen molar-refractivity contribution in [3.8, 4) is 0 Å². The molecule has 0 atom stereocenters. The van der Waals surface area contributed by atoms with Crippen LogP contribution in [0.2, 0.25) is 5.02 Å². The largest absolute Gasteiger partial charge is 0.373 e. The predicted molar refractivity (Wildman–Crippen MR) is 84.6 cm³/mol. The van der Waals surface area contributed by atoms with Crippen LogP contribution in [0.1, 0.15) is 17.7 Å². The van der Waals surface area contributed by atoms with Crippen molar-refractivity contribution in [1.82, 2.24) is 4.98 Å². The van der Waals surface area contributed by atoms with Gasteiger partial charge in [0.1, 0.15) is 5.82 Å². The lowest BCUT2D eigenvalue weighted by Crippen LogP contribution is -2.29. The second kappa shape index (κ2) is 5.71. The molecule has 1 N–H and O–H groups in total. The monoisotopic (exact) mass is 287 g/mol. The van der Waals surface area contributed by atoms with Crippen molar-refractivity contribution in [2.45, 2.75) is 19.4 Å². The molecule has 1 aromatic carbocycles. The molecular formula is C16H18ClN3. The summed E-state index contributed by atoms with van der Waals surface area (Å²) in [5.74, 6) is 0.856. The van der Waals surface area contributed by atoms with Crippen LogP contribution in [0.25, 0.3) is 0 Å². The number of para-hydroxylation sites is 1. The first-order valence-corrected chi connectivity index (χ1v) is 7.32. The minimum Gasteiger partial charge on any atom is -0.373 e. The second-order valence-corrected chi connectivity index (χ2v) is 5.44. The molecule has 0 spiro atoms. The quantitative estimate of drug-likeness (QED) is 0.932. The molecule has 3 nitrogen and oxygen atoms in total. The summed E-state index contributed by atoms with van der Waals surface area (Å²) in [4.78, 5) is 6.94. The van der Waals surface area contributed by atoms with Crippen LogP contribution in [0.5, 0.6) is 0 Å². The molecule has 2 aromatic rings. The number of benzene rings is 1. The predicted octanol–water partition coefficient (Wildman–Crippen LogP) is 3.73. The van der Waals surface area contributed by atoms with E-state index >= 15 is 0 Å². The average Bonchev–Trinajstić information content (AvgIpc) is 2.50. The van der Waals surface area contributed by atoms with Crippen LogP contribution in [-0.4, -0.2) is 18.6 Å². The smallest absolute Gasteiger partial charge is 0.126 e.